The Morgan fingerprint density at radius 2 is 1.84 bits per heavy atom. The van der Waals surface area contributed by atoms with Gasteiger partial charge in [-0.3, -0.25) is 4.57 Å². The molecule has 0 bridgehead atoms. The van der Waals surface area contributed by atoms with E-state index in [4.69, 9.17) is 14.1 Å². The molecular weight excluding hydrogens is 402 g/mol. The Morgan fingerprint density at radius 1 is 1.06 bits per heavy atom. The number of aromatic nitrogens is 2. The Bertz CT molecular complexity index is 1560. The number of imidazole rings is 1. The molecule has 2 aromatic heterocycles. The van der Waals surface area contributed by atoms with Crippen molar-refractivity contribution < 1.29 is 13.9 Å². The molecule has 1 aliphatic rings. The molecule has 0 fully saturated rings. The zero-order chi connectivity index (χ0) is 21.8. The molecule has 0 radical (unpaired) electrons. The molecule has 5 aromatic rings. The third-order valence-corrected chi connectivity index (χ3v) is 6.04. The van der Waals surface area contributed by atoms with Crippen molar-refractivity contribution in [3.05, 3.63) is 83.6 Å². The van der Waals surface area contributed by atoms with Gasteiger partial charge in [-0.25, -0.2) is 9.78 Å². The van der Waals surface area contributed by atoms with Crippen LogP contribution in [-0.4, -0.2) is 22.1 Å². The van der Waals surface area contributed by atoms with Crippen molar-refractivity contribution in [3.63, 3.8) is 0 Å². The van der Waals surface area contributed by atoms with Crippen LogP contribution in [0.15, 0.2) is 82.4 Å². The first-order valence-corrected chi connectivity index (χ1v) is 10.7. The number of para-hydroxylation sites is 3. The highest BCUT2D eigenvalue weighted by atomic mass is 16.5. The van der Waals surface area contributed by atoms with Crippen LogP contribution in [0.2, 0.25) is 0 Å². The number of fused-ring (bicyclic) bond motifs is 6. The minimum Gasteiger partial charge on any atom is -0.463 e. The van der Waals surface area contributed by atoms with E-state index in [0.29, 0.717) is 18.1 Å². The number of allylic oxidation sites excluding steroid dienone is 1. The summed E-state index contributed by atoms with van der Waals surface area (Å²) in [7, 11) is 0. The van der Waals surface area contributed by atoms with Gasteiger partial charge in [0.2, 0.25) is 5.95 Å². The molecule has 0 amide bonds. The van der Waals surface area contributed by atoms with E-state index in [1.165, 1.54) is 0 Å². The Kier molecular flexibility index (Phi) is 4.08. The average Bonchev–Trinajstić information content (AvgIpc) is 3.35. The van der Waals surface area contributed by atoms with Crippen molar-refractivity contribution in [2.45, 2.75) is 19.9 Å². The van der Waals surface area contributed by atoms with Gasteiger partial charge in [0, 0.05) is 16.5 Å². The molecule has 0 spiro atoms. The van der Waals surface area contributed by atoms with Crippen LogP contribution >= 0.6 is 0 Å². The summed E-state index contributed by atoms with van der Waals surface area (Å²) in [6.07, 6.45) is 0. The second-order valence-corrected chi connectivity index (χ2v) is 7.93. The molecule has 0 saturated carbocycles. The van der Waals surface area contributed by atoms with Gasteiger partial charge in [-0.2, -0.15) is 0 Å². The molecule has 32 heavy (non-hydrogen) atoms. The van der Waals surface area contributed by atoms with E-state index < -0.39 is 0 Å². The fourth-order valence-corrected chi connectivity index (χ4v) is 4.67. The third kappa shape index (κ3) is 2.66. The van der Waals surface area contributed by atoms with Gasteiger partial charge in [0.05, 0.1) is 29.3 Å². The molecule has 0 aliphatic carbocycles. The lowest BCUT2D eigenvalue weighted by Gasteiger charge is -2.30. The molecule has 3 aromatic carbocycles. The summed E-state index contributed by atoms with van der Waals surface area (Å²) in [5.74, 6) is 0.377. The van der Waals surface area contributed by atoms with Crippen molar-refractivity contribution in [2.75, 3.05) is 11.9 Å². The van der Waals surface area contributed by atoms with Gasteiger partial charge in [0.25, 0.3) is 0 Å². The van der Waals surface area contributed by atoms with Gasteiger partial charge in [0.1, 0.15) is 11.2 Å². The number of carbonyl (C=O) groups is 1. The summed E-state index contributed by atoms with van der Waals surface area (Å²) >= 11 is 0. The molecule has 0 saturated heterocycles. The standard InChI is InChI=1S/C26H21N3O3/c1-3-31-25(30)23-15(2)27-26-28-19-9-5-6-10-20(19)29(26)24(23)16-12-13-22-18(14-16)17-8-4-7-11-21(17)32-22/h4-14,24H,3H2,1-2H3,(H,27,28). The Labute approximate surface area is 184 Å². The second kappa shape index (κ2) is 6.99. The monoisotopic (exact) mass is 423 g/mol. The predicted octanol–water partition coefficient (Wildman–Crippen LogP) is 5.79. The molecule has 1 N–H and O–H groups in total. The zero-order valence-electron chi connectivity index (χ0n) is 17.8. The number of rotatable bonds is 3. The number of ether oxygens (including phenoxy) is 1. The highest BCUT2D eigenvalue weighted by Gasteiger charge is 2.35. The number of furan rings is 1. The fraction of sp³-hybridized carbons (Fsp3) is 0.154. The van der Waals surface area contributed by atoms with E-state index in [1.54, 1.807) is 0 Å². The van der Waals surface area contributed by atoms with E-state index in [2.05, 4.69) is 22.0 Å². The number of nitrogens with one attached hydrogen (secondary N) is 1. The highest BCUT2D eigenvalue weighted by molar-refractivity contribution is 6.05. The smallest absolute Gasteiger partial charge is 0.338 e. The van der Waals surface area contributed by atoms with Crippen molar-refractivity contribution >= 4 is 44.9 Å². The lowest BCUT2D eigenvalue weighted by atomic mass is 9.94. The Balaban J connectivity index is 1.64. The van der Waals surface area contributed by atoms with Crippen LogP contribution in [0.5, 0.6) is 0 Å². The van der Waals surface area contributed by atoms with E-state index in [1.807, 2.05) is 68.4 Å². The number of carbonyl (C=O) groups excluding carboxylic acids is 1. The molecular formula is C26H21N3O3. The third-order valence-electron chi connectivity index (χ3n) is 6.04. The van der Waals surface area contributed by atoms with Crippen LogP contribution in [-0.2, 0) is 9.53 Å². The topological polar surface area (TPSA) is 69.3 Å². The lowest BCUT2D eigenvalue weighted by molar-refractivity contribution is -0.139. The minimum atomic E-state index is -0.379. The largest absolute Gasteiger partial charge is 0.463 e. The number of anilines is 1. The summed E-state index contributed by atoms with van der Waals surface area (Å²) in [4.78, 5) is 17.9. The van der Waals surface area contributed by atoms with E-state index in [9.17, 15) is 4.79 Å². The molecule has 158 valence electrons. The first-order chi connectivity index (χ1) is 15.7. The summed E-state index contributed by atoms with van der Waals surface area (Å²) in [5, 5.41) is 5.38. The van der Waals surface area contributed by atoms with Crippen LogP contribution in [0.3, 0.4) is 0 Å². The van der Waals surface area contributed by atoms with Crippen LogP contribution in [0.25, 0.3) is 33.0 Å². The van der Waals surface area contributed by atoms with Crippen LogP contribution in [0.4, 0.5) is 5.95 Å². The van der Waals surface area contributed by atoms with Gasteiger partial charge in [0.15, 0.2) is 0 Å². The van der Waals surface area contributed by atoms with Gasteiger partial charge >= 0.3 is 5.97 Å². The number of hydrogen-bond donors (Lipinski definition) is 1. The van der Waals surface area contributed by atoms with Gasteiger partial charge in [-0.05, 0) is 49.7 Å². The number of hydrogen-bond acceptors (Lipinski definition) is 5. The maximum atomic E-state index is 13.1. The van der Waals surface area contributed by atoms with Gasteiger partial charge in [-0.15, -0.1) is 0 Å². The van der Waals surface area contributed by atoms with E-state index in [0.717, 1.165) is 44.2 Å². The SMILES string of the molecule is CCOC(=O)C1=C(C)Nc2nc3ccccc3n2C1c1ccc2oc3ccccc3c2c1. The van der Waals surface area contributed by atoms with Crippen molar-refractivity contribution in [1.82, 2.24) is 9.55 Å². The first-order valence-electron chi connectivity index (χ1n) is 10.7. The Hall–Kier alpha value is -4.06. The maximum absolute atomic E-state index is 13.1. The van der Waals surface area contributed by atoms with Crippen molar-refractivity contribution in [2.24, 2.45) is 0 Å². The minimum absolute atomic E-state index is 0.311. The van der Waals surface area contributed by atoms with Crippen molar-refractivity contribution in [3.8, 4) is 0 Å². The molecule has 3 heterocycles. The summed E-state index contributed by atoms with van der Waals surface area (Å²) in [6, 6.07) is 21.7. The predicted molar refractivity (Wildman–Crippen MR) is 125 cm³/mol. The molecule has 1 unspecified atom stereocenters. The van der Waals surface area contributed by atoms with Crippen LogP contribution in [0, 0.1) is 0 Å². The Morgan fingerprint density at radius 3 is 2.72 bits per heavy atom. The number of benzene rings is 3. The quantitative estimate of drug-likeness (QED) is 0.372. The lowest BCUT2D eigenvalue weighted by Crippen LogP contribution is -2.29. The van der Waals surface area contributed by atoms with Gasteiger partial charge < -0.3 is 14.5 Å². The highest BCUT2D eigenvalue weighted by Crippen LogP contribution is 2.41. The normalized spacial score (nSPS) is 15.9. The molecule has 6 heteroatoms. The van der Waals surface area contributed by atoms with Gasteiger partial charge in [-0.1, -0.05) is 36.4 Å². The maximum Gasteiger partial charge on any atom is 0.338 e. The van der Waals surface area contributed by atoms with Crippen LogP contribution in [0.1, 0.15) is 25.5 Å². The first kappa shape index (κ1) is 18.7. The fourth-order valence-electron chi connectivity index (χ4n) is 4.67. The molecule has 6 nitrogen and oxygen atoms in total. The number of esters is 1. The average molecular weight is 423 g/mol. The molecule has 1 aliphatic heterocycles. The zero-order valence-corrected chi connectivity index (χ0v) is 17.8. The van der Waals surface area contributed by atoms with Crippen molar-refractivity contribution in [1.29, 1.82) is 0 Å². The summed E-state index contributed by atoms with van der Waals surface area (Å²) in [6.45, 7) is 4.03. The van der Waals surface area contributed by atoms with E-state index >= 15 is 0 Å². The molecule has 1 atom stereocenters. The molecule has 6 rings (SSSR count). The van der Waals surface area contributed by atoms with Crippen LogP contribution < -0.4 is 5.32 Å². The number of nitrogens with zero attached hydrogens (tertiary/aromatic N) is 2. The summed E-state index contributed by atoms with van der Waals surface area (Å²) in [5.41, 5.74) is 5.77. The summed E-state index contributed by atoms with van der Waals surface area (Å²) < 4.78 is 13.6. The van der Waals surface area contributed by atoms with E-state index in [-0.39, 0.29) is 12.0 Å². The second-order valence-electron chi connectivity index (χ2n) is 7.93.